The number of halogens is 2. The van der Waals surface area contributed by atoms with E-state index in [0.717, 1.165) is 12.0 Å². The molecule has 2 N–H and O–H groups in total. The zero-order valence-electron chi connectivity index (χ0n) is 11.5. The molecule has 1 aliphatic rings. The highest BCUT2D eigenvalue weighted by atomic mass is 19.3. The molecule has 0 aliphatic carbocycles. The van der Waals surface area contributed by atoms with E-state index in [4.69, 9.17) is 9.47 Å². The SMILES string of the molecule is COC1(C(F)(F)CON)CN(C(=O)OC(C)(C)C)C1. The first-order valence-electron chi connectivity index (χ1n) is 5.79. The predicted molar refractivity (Wildman–Crippen MR) is 62.6 cm³/mol. The molecule has 1 saturated heterocycles. The number of hydrogen-bond donors (Lipinski definition) is 1. The molecule has 8 heteroatoms. The highest BCUT2D eigenvalue weighted by molar-refractivity contribution is 5.69. The zero-order valence-corrected chi connectivity index (χ0v) is 11.5. The Labute approximate surface area is 110 Å². The van der Waals surface area contributed by atoms with Crippen LogP contribution in [0, 0.1) is 0 Å². The van der Waals surface area contributed by atoms with E-state index >= 15 is 0 Å². The highest BCUT2D eigenvalue weighted by Gasteiger charge is 2.63. The van der Waals surface area contributed by atoms with Crippen molar-refractivity contribution < 1.29 is 27.9 Å². The van der Waals surface area contributed by atoms with Crippen LogP contribution in [0.5, 0.6) is 0 Å². The summed E-state index contributed by atoms with van der Waals surface area (Å²) in [5.41, 5.74) is -2.45. The minimum Gasteiger partial charge on any atom is -0.444 e. The van der Waals surface area contributed by atoms with Crippen molar-refractivity contribution in [2.45, 2.75) is 37.9 Å². The molecule has 6 nitrogen and oxygen atoms in total. The maximum absolute atomic E-state index is 13.8. The maximum Gasteiger partial charge on any atom is 0.410 e. The van der Waals surface area contributed by atoms with Crippen LogP contribution in [0.3, 0.4) is 0 Å². The monoisotopic (exact) mass is 282 g/mol. The summed E-state index contributed by atoms with van der Waals surface area (Å²) in [6.07, 6.45) is -0.648. The number of alkyl halides is 2. The van der Waals surface area contributed by atoms with Crippen LogP contribution in [0.1, 0.15) is 20.8 Å². The molecule has 1 amide bonds. The average molecular weight is 282 g/mol. The standard InChI is InChI=1S/C11H20F2N2O4/c1-9(2,3)19-8(16)15-5-10(6-15,17-4)11(12,13)7-18-14/h5-7,14H2,1-4H3. The number of carbonyl (C=O) groups is 1. The number of likely N-dealkylation sites (tertiary alicyclic amines) is 1. The smallest absolute Gasteiger partial charge is 0.410 e. The third-order valence-electron chi connectivity index (χ3n) is 2.87. The second kappa shape index (κ2) is 5.18. The van der Waals surface area contributed by atoms with Crippen molar-refractivity contribution in [1.82, 2.24) is 4.90 Å². The number of amides is 1. The molecule has 112 valence electrons. The van der Waals surface area contributed by atoms with Gasteiger partial charge in [-0.1, -0.05) is 0 Å². The van der Waals surface area contributed by atoms with Crippen molar-refractivity contribution in [2.75, 3.05) is 26.8 Å². The van der Waals surface area contributed by atoms with Crippen molar-refractivity contribution in [2.24, 2.45) is 5.90 Å². The van der Waals surface area contributed by atoms with Crippen LogP contribution in [-0.4, -0.2) is 54.9 Å². The number of ether oxygens (including phenoxy) is 2. The molecule has 0 bridgehead atoms. The Morgan fingerprint density at radius 3 is 2.26 bits per heavy atom. The van der Waals surface area contributed by atoms with Gasteiger partial charge in [0.1, 0.15) is 12.2 Å². The van der Waals surface area contributed by atoms with E-state index in [1.165, 1.54) is 0 Å². The summed E-state index contributed by atoms with van der Waals surface area (Å²) in [6, 6.07) is 0. The Bertz CT molecular complexity index is 338. The van der Waals surface area contributed by atoms with Crippen LogP contribution >= 0.6 is 0 Å². The second-order valence-corrected chi connectivity index (χ2v) is 5.55. The number of hydrogen-bond acceptors (Lipinski definition) is 5. The minimum absolute atomic E-state index is 0.269. The van der Waals surface area contributed by atoms with E-state index in [0.29, 0.717) is 0 Å². The summed E-state index contributed by atoms with van der Waals surface area (Å²) in [6.45, 7) is 3.59. The molecule has 1 fully saturated rings. The molecule has 1 rings (SSSR count). The van der Waals surface area contributed by atoms with E-state index in [2.05, 4.69) is 10.7 Å². The van der Waals surface area contributed by atoms with Crippen LogP contribution in [0.25, 0.3) is 0 Å². The van der Waals surface area contributed by atoms with Crippen molar-refractivity contribution in [1.29, 1.82) is 0 Å². The summed E-state index contributed by atoms with van der Waals surface area (Å²) in [5.74, 6) is 1.40. The van der Waals surface area contributed by atoms with Gasteiger partial charge in [0.25, 0.3) is 0 Å². The Hall–Kier alpha value is -0.990. The summed E-state index contributed by atoms with van der Waals surface area (Å²) < 4.78 is 37.5. The molecule has 0 unspecified atom stereocenters. The molecular formula is C11H20F2N2O4. The molecule has 0 radical (unpaired) electrons. The van der Waals surface area contributed by atoms with Gasteiger partial charge in [0.2, 0.25) is 0 Å². The lowest BCUT2D eigenvalue weighted by molar-refractivity contribution is -0.264. The van der Waals surface area contributed by atoms with Crippen LogP contribution < -0.4 is 5.90 Å². The lowest BCUT2D eigenvalue weighted by atomic mass is 9.87. The van der Waals surface area contributed by atoms with Crippen molar-refractivity contribution >= 4 is 6.09 Å². The van der Waals surface area contributed by atoms with Gasteiger partial charge in [0.05, 0.1) is 13.1 Å². The van der Waals surface area contributed by atoms with Gasteiger partial charge in [-0.2, -0.15) is 0 Å². The number of nitrogens with two attached hydrogens (primary N) is 1. The van der Waals surface area contributed by atoms with Crippen LogP contribution in [-0.2, 0) is 14.3 Å². The molecular weight excluding hydrogens is 262 g/mol. The molecule has 0 aromatic carbocycles. The Morgan fingerprint density at radius 1 is 1.37 bits per heavy atom. The van der Waals surface area contributed by atoms with Gasteiger partial charge in [-0.15, -0.1) is 0 Å². The Kier molecular flexibility index (Phi) is 4.38. The topological polar surface area (TPSA) is 74.0 Å². The van der Waals surface area contributed by atoms with E-state index in [-0.39, 0.29) is 13.1 Å². The molecule has 0 aromatic rings. The van der Waals surface area contributed by atoms with Gasteiger partial charge in [-0.25, -0.2) is 19.5 Å². The number of rotatable bonds is 4. The quantitative estimate of drug-likeness (QED) is 0.783. The largest absolute Gasteiger partial charge is 0.444 e. The highest BCUT2D eigenvalue weighted by Crippen LogP contribution is 2.40. The first-order chi connectivity index (χ1) is 8.57. The first-order valence-corrected chi connectivity index (χ1v) is 5.79. The molecule has 1 aliphatic heterocycles. The summed E-state index contributed by atoms with van der Waals surface area (Å²) in [4.78, 5) is 16.8. The fraction of sp³-hybridized carbons (Fsp3) is 0.909. The van der Waals surface area contributed by atoms with Gasteiger partial charge in [-0.3, -0.25) is 4.84 Å². The van der Waals surface area contributed by atoms with E-state index in [1.54, 1.807) is 20.8 Å². The molecule has 0 atom stereocenters. The summed E-state index contributed by atoms with van der Waals surface area (Å²) >= 11 is 0. The van der Waals surface area contributed by atoms with Gasteiger partial charge < -0.3 is 14.4 Å². The van der Waals surface area contributed by atoms with Crippen molar-refractivity contribution in [3.05, 3.63) is 0 Å². The minimum atomic E-state index is -3.28. The summed E-state index contributed by atoms with van der Waals surface area (Å²) in [7, 11) is 1.16. The third-order valence-corrected chi connectivity index (χ3v) is 2.87. The Balaban J connectivity index is 2.65. The van der Waals surface area contributed by atoms with E-state index in [9.17, 15) is 13.6 Å². The summed E-state index contributed by atoms with van der Waals surface area (Å²) in [5, 5.41) is 0. The van der Waals surface area contributed by atoms with E-state index < -0.39 is 29.8 Å². The predicted octanol–water partition coefficient (Wildman–Crippen LogP) is 1.15. The molecule has 19 heavy (non-hydrogen) atoms. The molecule has 0 aromatic heterocycles. The van der Waals surface area contributed by atoms with E-state index in [1.807, 2.05) is 0 Å². The van der Waals surface area contributed by atoms with Crippen molar-refractivity contribution in [3.8, 4) is 0 Å². The first kappa shape index (κ1) is 16.1. The Morgan fingerprint density at radius 2 is 1.89 bits per heavy atom. The normalized spacial score (nSPS) is 19.0. The van der Waals surface area contributed by atoms with Gasteiger partial charge in [-0.05, 0) is 20.8 Å². The molecule has 0 spiro atoms. The number of carbonyl (C=O) groups excluding carboxylic acids is 1. The van der Waals surface area contributed by atoms with Crippen LogP contribution in [0.4, 0.5) is 13.6 Å². The van der Waals surface area contributed by atoms with Crippen LogP contribution in [0.2, 0.25) is 0 Å². The van der Waals surface area contributed by atoms with Crippen molar-refractivity contribution in [3.63, 3.8) is 0 Å². The molecule has 1 heterocycles. The number of nitrogens with zero attached hydrogens (tertiary/aromatic N) is 1. The van der Waals surface area contributed by atoms with Gasteiger partial charge >= 0.3 is 12.0 Å². The average Bonchev–Trinajstić information content (AvgIpc) is 2.12. The van der Waals surface area contributed by atoms with Crippen LogP contribution in [0.15, 0.2) is 0 Å². The second-order valence-electron chi connectivity index (χ2n) is 5.55. The lowest BCUT2D eigenvalue weighted by Gasteiger charge is -2.51. The fourth-order valence-corrected chi connectivity index (χ4v) is 1.77. The lowest BCUT2D eigenvalue weighted by Crippen LogP contribution is -2.73. The maximum atomic E-state index is 13.8. The fourth-order valence-electron chi connectivity index (χ4n) is 1.77. The molecule has 0 saturated carbocycles. The third kappa shape index (κ3) is 3.31. The number of methoxy groups -OCH3 is 1. The van der Waals surface area contributed by atoms with Gasteiger partial charge in [0.15, 0.2) is 5.60 Å². The van der Waals surface area contributed by atoms with Gasteiger partial charge in [0, 0.05) is 7.11 Å². The zero-order chi connectivity index (χ0) is 14.9.